The SMILES string of the molecule is CC12CCCCC1(C)N(c1cc3ccccc3o1)c1c2ccc(Cl)c1Cl. The van der Waals surface area contributed by atoms with E-state index in [1.165, 1.54) is 18.4 Å². The fraction of sp³-hybridized carbons (Fsp3) is 0.364. The Morgan fingerprint density at radius 1 is 1.00 bits per heavy atom. The van der Waals surface area contributed by atoms with Crippen molar-refractivity contribution in [2.45, 2.75) is 50.5 Å². The number of para-hydroxylation sites is 1. The molecule has 0 amide bonds. The quantitative estimate of drug-likeness (QED) is 0.431. The van der Waals surface area contributed by atoms with Gasteiger partial charge in [-0.1, -0.05) is 67.2 Å². The minimum absolute atomic E-state index is 0.0216. The van der Waals surface area contributed by atoms with Gasteiger partial charge in [0.1, 0.15) is 5.58 Å². The van der Waals surface area contributed by atoms with Gasteiger partial charge in [-0.2, -0.15) is 0 Å². The number of hydrogen-bond donors (Lipinski definition) is 0. The Morgan fingerprint density at radius 3 is 2.58 bits per heavy atom. The fourth-order valence-electron chi connectivity index (χ4n) is 5.16. The Bertz CT molecular complexity index is 993. The summed E-state index contributed by atoms with van der Waals surface area (Å²) in [7, 11) is 0. The highest BCUT2D eigenvalue weighted by Gasteiger charge is 2.59. The molecular weight excluding hydrogens is 365 g/mol. The second-order valence-electron chi connectivity index (χ2n) is 8.03. The molecule has 1 aliphatic carbocycles. The monoisotopic (exact) mass is 385 g/mol. The maximum absolute atomic E-state index is 6.76. The van der Waals surface area contributed by atoms with E-state index in [0.29, 0.717) is 10.0 Å². The molecule has 2 atom stereocenters. The molecule has 2 aromatic carbocycles. The zero-order valence-corrected chi connectivity index (χ0v) is 16.5. The largest absolute Gasteiger partial charge is 0.440 e. The first-order chi connectivity index (χ1) is 12.5. The average Bonchev–Trinajstić information content (AvgIpc) is 3.13. The predicted molar refractivity (Wildman–Crippen MR) is 109 cm³/mol. The third-order valence-electron chi connectivity index (χ3n) is 6.79. The molecule has 26 heavy (non-hydrogen) atoms. The van der Waals surface area contributed by atoms with E-state index in [9.17, 15) is 0 Å². The standard InChI is InChI=1S/C22H21Cl2NO/c1-21-11-5-6-12-22(21,2)25(20-15(21)9-10-16(23)19(20)24)18-13-14-7-3-4-8-17(14)26-18/h3-4,7-10,13H,5-6,11-12H2,1-2H3. The molecule has 2 heterocycles. The number of rotatable bonds is 1. The van der Waals surface area contributed by atoms with Gasteiger partial charge in [-0.05, 0) is 37.5 Å². The third kappa shape index (κ3) is 1.95. The van der Waals surface area contributed by atoms with Crippen LogP contribution in [0.5, 0.6) is 0 Å². The van der Waals surface area contributed by atoms with E-state index in [-0.39, 0.29) is 11.0 Å². The summed E-state index contributed by atoms with van der Waals surface area (Å²) in [5, 5.41) is 2.33. The second-order valence-corrected chi connectivity index (χ2v) is 8.81. The Hall–Kier alpha value is -1.64. The van der Waals surface area contributed by atoms with E-state index in [0.717, 1.165) is 35.4 Å². The van der Waals surface area contributed by atoms with Crippen molar-refractivity contribution in [1.29, 1.82) is 0 Å². The molecule has 134 valence electrons. The van der Waals surface area contributed by atoms with Crippen LogP contribution in [-0.4, -0.2) is 5.54 Å². The van der Waals surface area contributed by atoms with Crippen LogP contribution in [0.1, 0.15) is 45.1 Å². The summed E-state index contributed by atoms with van der Waals surface area (Å²) in [5.41, 5.74) is 3.14. The van der Waals surface area contributed by atoms with Gasteiger partial charge >= 0.3 is 0 Å². The van der Waals surface area contributed by atoms with Crippen molar-refractivity contribution in [1.82, 2.24) is 0 Å². The number of hydrogen-bond acceptors (Lipinski definition) is 2. The van der Waals surface area contributed by atoms with Crippen LogP contribution in [0.15, 0.2) is 46.9 Å². The number of benzene rings is 2. The van der Waals surface area contributed by atoms with E-state index in [1.54, 1.807) is 0 Å². The Labute approximate surface area is 163 Å². The van der Waals surface area contributed by atoms with E-state index >= 15 is 0 Å². The smallest absolute Gasteiger partial charge is 0.201 e. The first-order valence-electron chi connectivity index (χ1n) is 9.23. The van der Waals surface area contributed by atoms with Crippen molar-refractivity contribution in [3.8, 4) is 0 Å². The molecule has 5 rings (SSSR count). The van der Waals surface area contributed by atoms with Gasteiger partial charge in [0.15, 0.2) is 0 Å². The first kappa shape index (κ1) is 16.5. The van der Waals surface area contributed by atoms with Crippen molar-refractivity contribution < 1.29 is 4.42 Å². The number of anilines is 2. The highest BCUT2D eigenvalue weighted by Crippen LogP contribution is 2.63. The molecule has 0 saturated heterocycles. The van der Waals surface area contributed by atoms with Gasteiger partial charge in [-0.25, -0.2) is 0 Å². The summed E-state index contributed by atoms with van der Waals surface area (Å²) < 4.78 is 6.29. The van der Waals surface area contributed by atoms with Crippen LogP contribution < -0.4 is 4.90 Å². The lowest BCUT2D eigenvalue weighted by Gasteiger charge is -2.49. The molecule has 1 aromatic heterocycles. The molecule has 3 aromatic rings. The molecule has 2 unspecified atom stereocenters. The van der Waals surface area contributed by atoms with Gasteiger partial charge in [0.25, 0.3) is 0 Å². The average molecular weight is 386 g/mol. The Kier molecular flexibility index (Phi) is 3.45. The van der Waals surface area contributed by atoms with E-state index in [2.05, 4.69) is 36.9 Å². The minimum atomic E-state index is -0.0875. The lowest BCUT2D eigenvalue weighted by Crippen LogP contribution is -2.54. The van der Waals surface area contributed by atoms with E-state index in [1.807, 2.05) is 24.3 Å². The van der Waals surface area contributed by atoms with Crippen molar-refractivity contribution in [2.75, 3.05) is 4.90 Å². The summed E-state index contributed by atoms with van der Waals surface area (Å²) in [5.74, 6) is 0.852. The molecule has 0 spiro atoms. The molecule has 2 nitrogen and oxygen atoms in total. The van der Waals surface area contributed by atoms with Crippen LogP contribution in [0, 0.1) is 0 Å². The van der Waals surface area contributed by atoms with Gasteiger partial charge in [0, 0.05) is 16.9 Å². The number of nitrogens with zero attached hydrogens (tertiary/aromatic N) is 1. The van der Waals surface area contributed by atoms with Crippen LogP contribution in [-0.2, 0) is 5.41 Å². The fourth-order valence-corrected chi connectivity index (χ4v) is 5.56. The first-order valence-corrected chi connectivity index (χ1v) is 9.99. The molecule has 2 aliphatic rings. The molecule has 1 saturated carbocycles. The normalized spacial score (nSPS) is 27.6. The second kappa shape index (κ2) is 5.43. The van der Waals surface area contributed by atoms with Crippen LogP contribution in [0.3, 0.4) is 0 Å². The lowest BCUT2D eigenvalue weighted by molar-refractivity contribution is 0.191. The molecule has 0 radical (unpaired) electrons. The van der Waals surface area contributed by atoms with Crippen molar-refractivity contribution in [3.63, 3.8) is 0 Å². The van der Waals surface area contributed by atoms with Gasteiger partial charge < -0.3 is 9.32 Å². The maximum Gasteiger partial charge on any atom is 0.201 e. The molecule has 0 N–H and O–H groups in total. The van der Waals surface area contributed by atoms with Gasteiger partial charge in [-0.15, -0.1) is 0 Å². The van der Waals surface area contributed by atoms with Crippen LogP contribution in [0.2, 0.25) is 10.0 Å². The van der Waals surface area contributed by atoms with Crippen LogP contribution in [0.25, 0.3) is 11.0 Å². The van der Waals surface area contributed by atoms with Gasteiger partial charge in [0.2, 0.25) is 5.88 Å². The molecule has 0 bridgehead atoms. The minimum Gasteiger partial charge on any atom is -0.440 e. The van der Waals surface area contributed by atoms with Crippen LogP contribution in [0.4, 0.5) is 11.6 Å². The highest BCUT2D eigenvalue weighted by molar-refractivity contribution is 6.44. The predicted octanol–water partition coefficient (Wildman–Crippen LogP) is 7.48. The summed E-state index contributed by atoms with van der Waals surface area (Å²) in [4.78, 5) is 2.33. The Morgan fingerprint density at radius 2 is 1.77 bits per heavy atom. The van der Waals surface area contributed by atoms with E-state index < -0.39 is 0 Å². The lowest BCUT2D eigenvalue weighted by atomic mass is 9.61. The zero-order chi connectivity index (χ0) is 18.1. The molecule has 1 fully saturated rings. The zero-order valence-electron chi connectivity index (χ0n) is 15.0. The number of halogens is 2. The summed E-state index contributed by atoms with van der Waals surface area (Å²) in [6.45, 7) is 4.72. The molecular formula is C22H21Cl2NO. The highest BCUT2D eigenvalue weighted by atomic mass is 35.5. The van der Waals surface area contributed by atoms with Crippen molar-refractivity contribution in [3.05, 3.63) is 58.1 Å². The van der Waals surface area contributed by atoms with E-state index in [4.69, 9.17) is 27.6 Å². The summed E-state index contributed by atoms with van der Waals surface area (Å²) in [6, 6.07) is 14.4. The third-order valence-corrected chi connectivity index (χ3v) is 7.59. The maximum atomic E-state index is 6.76. The topological polar surface area (TPSA) is 16.4 Å². The Balaban J connectivity index is 1.82. The van der Waals surface area contributed by atoms with Gasteiger partial charge in [0.05, 0.1) is 21.3 Å². The molecule has 1 aliphatic heterocycles. The van der Waals surface area contributed by atoms with Crippen molar-refractivity contribution in [2.24, 2.45) is 0 Å². The number of furan rings is 1. The summed E-state index contributed by atoms with van der Waals surface area (Å²) in [6.07, 6.45) is 4.69. The molecule has 4 heteroatoms. The van der Waals surface area contributed by atoms with Gasteiger partial charge in [-0.3, -0.25) is 0 Å². The number of fused-ring (bicyclic) bond motifs is 4. The summed E-state index contributed by atoms with van der Waals surface area (Å²) >= 11 is 13.2. The van der Waals surface area contributed by atoms with Crippen molar-refractivity contribution >= 4 is 45.7 Å². The van der Waals surface area contributed by atoms with Crippen LogP contribution >= 0.6 is 23.2 Å².